The molecule has 1 unspecified atom stereocenters. The Morgan fingerprint density at radius 1 is 1.40 bits per heavy atom. The molecule has 1 atom stereocenters. The second-order valence-electron chi connectivity index (χ2n) is 5.52. The zero-order valence-corrected chi connectivity index (χ0v) is 12.1. The van der Waals surface area contributed by atoms with Gasteiger partial charge in [0.15, 0.2) is 0 Å². The molecule has 2 rings (SSSR count). The van der Waals surface area contributed by atoms with Gasteiger partial charge in [-0.2, -0.15) is 0 Å². The molecule has 110 valence electrons. The highest BCUT2D eigenvalue weighted by molar-refractivity contribution is 5.88. The largest absolute Gasteiger partial charge is 0.508 e. The van der Waals surface area contributed by atoms with Gasteiger partial charge < -0.3 is 15.7 Å². The lowest BCUT2D eigenvalue weighted by Crippen LogP contribution is -2.47. The van der Waals surface area contributed by atoms with Crippen LogP contribution in [0, 0.1) is 0 Å². The van der Waals surface area contributed by atoms with Crippen molar-refractivity contribution in [3.8, 4) is 5.75 Å². The molecule has 20 heavy (non-hydrogen) atoms. The number of aromatic hydroxyl groups is 1. The van der Waals surface area contributed by atoms with E-state index in [-0.39, 0.29) is 11.7 Å². The van der Waals surface area contributed by atoms with Crippen molar-refractivity contribution in [1.29, 1.82) is 0 Å². The first-order valence-corrected chi connectivity index (χ1v) is 7.43. The lowest BCUT2D eigenvalue weighted by molar-refractivity contribution is -0.137. The van der Waals surface area contributed by atoms with Crippen LogP contribution in [0.25, 0.3) is 0 Å². The Morgan fingerprint density at radius 2 is 2.20 bits per heavy atom. The second kappa shape index (κ2) is 6.27. The molecule has 0 spiro atoms. The predicted molar refractivity (Wildman–Crippen MR) is 79.6 cm³/mol. The van der Waals surface area contributed by atoms with E-state index in [2.05, 4.69) is 0 Å². The summed E-state index contributed by atoms with van der Waals surface area (Å²) in [5.74, 6) is 0.381. The van der Waals surface area contributed by atoms with Gasteiger partial charge in [0.05, 0.1) is 5.41 Å². The molecule has 0 radical (unpaired) electrons. The number of benzene rings is 1. The molecule has 1 aromatic rings. The SMILES string of the molecule is CCC1(c2cccc(O)c2)CCCCN(CCN)C1=O. The second-order valence-corrected chi connectivity index (χ2v) is 5.52. The van der Waals surface area contributed by atoms with Crippen molar-refractivity contribution in [2.75, 3.05) is 19.6 Å². The number of rotatable bonds is 4. The van der Waals surface area contributed by atoms with E-state index in [4.69, 9.17) is 5.73 Å². The number of nitrogens with zero attached hydrogens (tertiary/aromatic N) is 1. The zero-order valence-electron chi connectivity index (χ0n) is 12.1. The van der Waals surface area contributed by atoms with Gasteiger partial charge in [0.1, 0.15) is 5.75 Å². The van der Waals surface area contributed by atoms with E-state index in [0.717, 1.165) is 37.8 Å². The normalized spacial score (nSPS) is 23.7. The van der Waals surface area contributed by atoms with E-state index in [0.29, 0.717) is 13.1 Å². The Labute approximate surface area is 120 Å². The van der Waals surface area contributed by atoms with E-state index in [1.165, 1.54) is 0 Å². The van der Waals surface area contributed by atoms with Gasteiger partial charge in [0.25, 0.3) is 0 Å². The van der Waals surface area contributed by atoms with Crippen molar-refractivity contribution in [2.45, 2.75) is 38.0 Å². The van der Waals surface area contributed by atoms with E-state index in [9.17, 15) is 9.90 Å². The van der Waals surface area contributed by atoms with Crippen LogP contribution < -0.4 is 5.73 Å². The van der Waals surface area contributed by atoms with Crippen LogP contribution in [0.4, 0.5) is 0 Å². The molecule has 1 aliphatic rings. The number of carbonyl (C=O) groups is 1. The third-order valence-corrected chi connectivity index (χ3v) is 4.38. The summed E-state index contributed by atoms with van der Waals surface area (Å²) < 4.78 is 0. The van der Waals surface area contributed by atoms with E-state index in [1.807, 2.05) is 24.0 Å². The zero-order chi connectivity index (χ0) is 14.6. The van der Waals surface area contributed by atoms with Crippen LogP contribution in [0.2, 0.25) is 0 Å². The molecule has 1 aliphatic heterocycles. The molecule has 4 heteroatoms. The third kappa shape index (κ3) is 2.66. The predicted octanol–water partition coefficient (Wildman–Crippen LogP) is 2.01. The number of phenolic OH excluding ortho intramolecular Hbond substituents is 1. The number of phenols is 1. The standard InChI is InChI=1S/C16H24N2O2/c1-2-16(13-6-5-7-14(19)12-13)8-3-4-10-18(11-9-17)15(16)20/h5-7,12,19H,2-4,8-11,17H2,1H3. The lowest BCUT2D eigenvalue weighted by atomic mass is 9.73. The fourth-order valence-electron chi connectivity index (χ4n) is 3.21. The summed E-state index contributed by atoms with van der Waals surface area (Å²) in [7, 11) is 0. The first-order valence-electron chi connectivity index (χ1n) is 7.43. The average Bonchev–Trinajstić information content (AvgIpc) is 2.61. The molecule has 0 aliphatic carbocycles. The first-order chi connectivity index (χ1) is 9.64. The molecule has 4 nitrogen and oxygen atoms in total. The topological polar surface area (TPSA) is 66.6 Å². The van der Waals surface area contributed by atoms with Gasteiger partial charge in [0, 0.05) is 19.6 Å². The van der Waals surface area contributed by atoms with Crippen molar-refractivity contribution in [3.05, 3.63) is 29.8 Å². The Morgan fingerprint density at radius 3 is 2.85 bits per heavy atom. The highest BCUT2D eigenvalue weighted by atomic mass is 16.3. The monoisotopic (exact) mass is 276 g/mol. The summed E-state index contributed by atoms with van der Waals surface area (Å²) in [6.07, 6.45) is 3.63. The molecule has 3 N–H and O–H groups in total. The van der Waals surface area contributed by atoms with Gasteiger partial charge in [-0.3, -0.25) is 4.79 Å². The van der Waals surface area contributed by atoms with E-state index in [1.54, 1.807) is 12.1 Å². The summed E-state index contributed by atoms with van der Waals surface area (Å²) in [5.41, 5.74) is 6.05. The molecule has 0 saturated carbocycles. The third-order valence-electron chi connectivity index (χ3n) is 4.38. The van der Waals surface area contributed by atoms with Crippen molar-refractivity contribution in [1.82, 2.24) is 4.90 Å². The number of hydrogen-bond acceptors (Lipinski definition) is 3. The van der Waals surface area contributed by atoms with Crippen LogP contribution in [-0.2, 0) is 10.2 Å². The van der Waals surface area contributed by atoms with Gasteiger partial charge >= 0.3 is 0 Å². The molecule has 1 amide bonds. The molecule has 1 heterocycles. The Hall–Kier alpha value is -1.55. The number of carbonyl (C=O) groups excluding carboxylic acids is 1. The van der Waals surface area contributed by atoms with Crippen molar-refractivity contribution < 1.29 is 9.90 Å². The van der Waals surface area contributed by atoms with E-state index < -0.39 is 5.41 Å². The van der Waals surface area contributed by atoms with Crippen LogP contribution in [0.15, 0.2) is 24.3 Å². The van der Waals surface area contributed by atoms with Crippen LogP contribution >= 0.6 is 0 Å². The smallest absolute Gasteiger partial charge is 0.233 e. The number of amides is 1. The fraction of sp³-hybridized carbons (Fsp3) is 0.562. The average molecular weight is 276 g/mol. The first kappa shape index (κ1) is 14.9. The van der Waals surface area contributed by atoms with E-state index >= 15 is 0 Å². The van der Waals surface area contributed by atoms with Crippen molar-refractivity contribution in [2.24, 2.45) is 5.73 Å². The van der Waals surface area contributed by atoms with Crippen molar-refractivity contribution in [3.63, 3.8) is 0 Å². The van der Waals surface area contributed by atoms with Crippen LogP contribution in [0.5, 0.6) is 5.75 Å². The maximum absolute atomic E-state index is 13.0. The maximum atomic E-state index is 13.0. The number of likely N-dealkylation sites (tertiary alicyclic amines) is 1. The van der Waals surface area contributed by atoms with Crippen LogP contribution in [0.3, 0.4) is 0 Å². The molecule has 0 bridgehead atoms. The maximum Gasteiger partial charge on any atom is 0.233 e. The molecule has 1 aromatic carbocycles. The minimum absolute atomic E-state index is 0.161. The minimum Gasteiger partial charge on any atom is -0.508 e. The summed E-state index contributed by atoms with van der Waals surface area (Å²) in [4.78, 5) is 14.9. The van der Waals surface area contributed by atoms with Gasteiger partial charge in [-0.25, -0.2) is 0 Å². The van der Waals surface area contributed by atoms with Crippen molar-refractivity contribution >= 4 is 5.91 Å². The number of nitrogens with two attached hydrogens (primary N) is 1. The van der Waals surface area contributed by atoms with Gasteiger partial charge in [-0.15, -0.1) is 0 Å². The Bertz CT molecular complexity index is 475. The lowest BCUT2D eigenvalue weighted by Gasteiger charge is -2.35. The highest BCUT2D eigenvalue weighted by Crippen LogP contribution is 2.38. The van der Waals surface area contributed by atoms with Crippen LogP contribution in [-0.4, -0.2) is 35.5 Å². The molecule has 1 fully saturated rings. The van der Waals surface area contributed by atoms with Gasteiger partial charge in [-0.1, -0.05) is 25.5 Å². The number of hydrogen-bond donors (Lipinski definition) is 2. The summed E-state index contributed by atoms with van der Waals surface area (Å²) in [6.45, 7) is 3.94. The quantitative estimate of drug-likeness (QED) is 0.884. The molecular formula is C16H24N2O2. The van der Waals surface area contributed by atoms with Crippen LogP contribution in [0.1, 0.15) is 38.2 Å². The molecular weight excluding hydrogens is 252 g/mol. The Kier molecular flexibility index (Phi) is 4.65. The molecule has 0 aromatic heterocycles. The fourth-order valence-corrected chi connectivity index (χ4v) is 3.21. The summed E-state index contributed by atoms with van der Waals surface area (Å²) in [5, 5.41) is 9.73. The van der Waals surface area contributed by atoms with Gasteiger partial charge in [0.2, 0.25) is 5.91 Å². The Balaban J connectivity index is 2.42. The highest BCUT2D eigenvalue weighted by Gasteiger charge is 2.42. The molecule has 1 saturated heterocycles. The summed E-state index contributed by atoms with van der Waals surface area (Å²) in [6, 6.07) is 7.14. The minimum atomic E-state index is -0.510. The van der Waals surface area contributed by atoms with Gasteiger partial charge in [-0.05, 0) is 37.0 Å². The summed E-state index contributed by atoms with van der Waals surface area (Å²) >= 11 is 0.